The average molecular weight is 350 g/mol. The normalized spacial score (nSPS) is 11.0. The van der Waals surface area contributed by atoms with Crippen LogP contribution in [0.1, 0.15) is 43.0 Å². The molecule has 0 fully saturated rings. The number of hydrogen-bond donors (Lipinski definition) is 1. The quantitative estimate of drug-likeness (QED) is 0.643. The highest BCUT2D eigenvalue weighted by Crippen LogP contribution is 2.23. The Labute approximate surface area is 151 Å². The van der Waals surface area contributed by atoms with E-state index in [9.17, 15) is 14.7 Å². The molecule has 0 aliphatic rings. The second-order valence-electron chi connectivity index (χ2n) is 6.40. The zero-order valence-electron chi connectivity index (χ0n) is 14.8. The zero-order chi connectivity index (χ0) is 18.5. The highest BCUT2D eigenvalue weighted by Gasteiger charge is 2.15. The van der Waals surface area contributed by atoms with Gasteiger partial charge in [-0.15, -0.1) is 0 Å². The molecule has 0 aliphatic heterocycles. The number of carbonyl (C=O) groups is 1. The van der Waals surface area contributed by atoms with Gasteiger partial charge in [-0.2, -0.15) is 0 Å². The lowest BCUT2D eigenvalue weighted by atomic mass is 10.0. The summed E-state index contributed by atoms with van der Waals surface area (Å²) in [5.74, 6) is -1.18. The fourth-order valence-corrected chi connectivity index (χ4v) is 3.16. The van der Waals surface area contributed by atoms with Crippen molar-refractivity contribution < 1.29 is 9.90 Å². The number of rotatable bonds is 7. The third kappa shape index (κ3) is 3.67. The van der Waals surface area contributed by atoms with Crippen LogP contribution in [0.15, 0.2) is 53.7 Å². The van der Waals surface area contributed by atoms with Crippen LogP contribution in [0.4, 0.5) is 0 Å². The molecular formula is C21H22N2O3. The van der Waals surface area contributed by atoms with Crippen molar-refractivity contribution in [2.75, 3.05) is 0 Å². The highest BCUT2D eigenvalue weighted by atomic mass is 16.4. The molecule has 5 heteroatoms. The van der Waals surface area contributed by atoms with Crippen LogP contribution in [-0.4, -0.2) is 20.6 Å². The van der Waals surface area contributed by atoms with Crippen LogP contribution in [-0.2, 0) is 6.54 Å². The molecule has 0 spiro atoms. The maximum Gasteiger partial charge on any atom is 0.341 e. The first-order valence-electron chi connectivity index (χ1n) is 8.92. The smallest absolute Gasteiger partial charge is 0.341 e. The van der Waals surface area contributed by atoms with Gasteiger partial charge in [-0.1, -0.05) is 32.3 Å². The summed E-state index contributed by atoms with van der Waals surface area (Å²) in [7, 11) is 0. The molecule has 3 aromatic rings. The van der Waals surface area contributed by atoms with Crippen LogP contribution < -0.4 is 5.43 Å². The summed E-state index contributed by atoms with van der Waals surface area (Å²) in [5, 5.41) is 9.81. The molecule has 1 aromatic carbocycles. The van der Waals surface area contributed by atoms with E-state index in [4.69, 9.17) is 0 Å². The van der Waals surface area contributed by atoms with Crippen molar-refractivity contribution in [3.05, 3.63) is 64.7 Å². The summed E-state index contributed by atoms with van der Waals surface area (Å²) < 4.78 is 1.90. The minimum absolute atomic E-state index is 0.176. The highest BCUT2D eigenvalue weighted by molar-refractivity contribution is 5.93. The summed E-state index contributed by atoms with van der Waals surface area (Å²) in [6.07, 6.45) is 9.25. The van der Waals surface area contributed by atoms with Crippen molar-refractivity contribution >= 4 is 16.9 Å². The summed E-state index contributed by atoms with van der Waals surface area (Å²) >= 11 is 0. The molecule has 3 rings (SSSR count). The number of nitrogens with zero attached hydrogens (tertiary/aromatic N) is 2. The molecule has 2 heterocycles. The van der Waals surface area contributed by atoms with Gasteiger partial charge in [0.05, 0.1) is 5.52 Å². The lowest BCUT2D eigenvalue weighted by Crippen LogP contribution is -2.19. The van der Waals surface area contributed by atoms with Crippen molar-refractivity contribution in [3.8, 4) is 11.1 Å². The number of aromatic carboxylic acids is 1. The first kappa shape index (κ1) is 17.9. The van der Waals surface area contributed by atoms with E-state index in [1.165, 1.54) is 6.20 Å². The topological polar surface area (TPSA) is 72.2 Å². The molecule has 5 nitrogen and oxygen atoms in total. The Kier molecular flexibility index (Phi) is 5.46. The number of fused-ring (bicyclic) bond motifs is 1. The van der Waals surface area contributed by atoms with Crippen LogP contribution in [0.2, 0.25) is 0 Å². The number of aryl methyl sites for hydroxylation is 1. The molecule has 134 valence electrons. The lowest BCUT2D eigenvalue weighted by Gasteiger charge is -2.13. The van der Waals surface area contributed by atoms with Crippen molar-refractivity contribution in [3.63, 3.8) is 0 Å². The van der Waals surface area contributed by atoms with E-state index in [0.717, 1.165) is 42.3 Å². The average Bonchev–Trinajstić information content (AvgIpc) is 2.67. The van der Waals surface area contributed by atoms with E-state index in [2.05, 4.69) is 11.9 Å². The number of aromatic nitrogens is 2. The van der Waals surface area contributed by atoms with Crippen molar-refractivity contribution in [2.24, 2.45) is 0 Å². The Morgan fingerprint density at radius 3 is 2.54 bits per heavy atom. The fraction of sp³-hybridized carbons (Fsp3) is 0.286. The Balaban J connectivity index is 2.12. The number of pyridine rings is 2. The molecule has 0 unspecified atom stereocenters. The zero-order valence-corrected chi connectivity index (χ0v) is 14.8. The standard InChI is InChI=1S/C21H22N2O3/c1-2-3-4-5-12-23-14-18(21(25)26)20(24)17-7-6-16(13-19(17)23)15-8-10-22-11-9-15/h6-11,13-14H,2-5,12H2,1H3,(H,25,26). The van der Waals surface area contributed by atoms with E-state index in [-0.39, 0.29) is 5.56 Å². The molecule has 2 aromatic heterocycles. The van der Waals surface area contributed by atoms with Gasteiger partial charge in [0.15, 0.2) is 0 Å². The Morgan fingerprint density at radius 1 is 1.08 bits per heavy atom. The molecule has 26 heavy (non-hydrogen) atoms. The predicted octanol–water partition coefficient (Wildman–Crippen LogP) is 4.34. The van der Waals surface area contributed by atoms with Crippen LogP contribution in [0.3, 0.4) is 0 Å². The van der Waals surface area contributed by atoms with Gasteiger partial charge in [0.1, 0.15) is 5.56 Å². The summed E-state index contributed by atoms with van der Waals surface area (Å²) in [6.45, 7) is 2.84. The first-order valence-corrected chi connectivity index (χ1v) is 8.92. The molecule has 0 amide bonds. The molecule has 1 N–H and O–H groups in total. The SMILES string of the molecule is CCCCCCn1cc(C(=O)O)c(=O)c2ccc(-c3ccncc3)cc21. The van der Waals surface area contributed by atoms with E-state index in [1.807, 2.05) is 28.8 Å². The van der Waals surface area contributed by atoms with Gasteiger partial charge >= 0.3 is 5.97 Å². The number of unbranched alkanes of at least 4 members (excludes halogenated alkanes) is 3. The monoisotopic (exact) mass is 350 g/mol. The predicted molar refractivity (Wildman–Crippen MR) is 103 cm³/mol. The van der Waals surface area contributed by atoms with Gasteiger partial charge in [-0.3, -0.25) is 9.78 Å². The van der Waals surface area contributed by atoms with Gasteiger partial charge in [0, 0.05) is 30.5 Å². The second kappa shape index (κ2) is 7.95. The van der Waals surface area contributed by atoms with Gasteiger partial charge < -0.3 is 9.67 Å². The number of carboxylic acid groups (broad SMARTS) is 1. The van der Waals surface area contributed by atoms with Crippen molar-refractivity contribution in [2.45, 2.75) is 39.2 Å². The molecule has 0 aliphatic carbocycles. The Hall–Kier alpha value is -2.95. The van der Waals surface area contributed by atoms with Crippen LogP contribution >= 0.6 is 0 Å². The largest absolute Gasteiger partial charge is 0.477 e. The maximum atomic E-state index is 12.5. The number of carboxylic acids is 1. The third-order valence-electron chi connectivity index (χ3n) is 4.58. The summed E-state index contributed by atoms with van der Waals surface area (Å²) in [5.41, 5.74) is 2.15. The van der Waals surface area contributed by atoms with E-state index in [1.54, 1.807) is 18.5 Å². The van der Waals surface area contributed by atoms with Gasteiger partial charge in [0.2, 0.25) is 5.43 Å². The Bertz CT molecular complexity index is 978. The minimum atomic E-state index is -1.18. The van der Waals surface area contributed by atoms with Crippen LogP contribution in [0.5, 0.6) is 0 Å². The minimum Gasteiger partial charge on any atom is -0.477 e. The Morgan fingerprint density at radius 2 is 1.85 bits per heavy atom. The van der Waals surface area contributed by atoms with Crippen LogP contribution in [0.25, 0.3) is 22.0 Å². The van der Waals surface area contributed by atoms with Gasteiger partial charge in [-0.05, 0) is 41.8 Å². The number of hydrogen-bond acceptors (Lipinski definition) is 3. The number of benzene rings is 1. The van der Waals surface area contributed by atoms with Gasteiger partial charge in [0.25, 0.3) is 0 Å². The molecule has 0 bridgehead atoms. The molecule has 0 atom stereocenters. The van der Waals surface area contributed by atoms with E-state index >= 15 is 0 Å². The fourth-order valence-electron chi connectivity index (χ4n) is 3.16. The van der Waals surface area contributed by atoms with Crippen LogP contribution in [0, 0.1) is 0 Å². The lowest BCUT2D eigenvalue weighted by molar-refractivity contribution is 0.0695. The second-order valence-corrected chi connectivity index (χ2v) is 6.40. The first-order chi connectivity index (χ1) is 12.6. The van der Waals surface area contributed by atoms with Crippen molar-refractivity contribution in [1.82, 2.24) is 9.55 Å². The summed E-state index contributed by atoms with van der Waals surface area (Å²) in [4.78, 5) is 28.0. The van der Waals surface area contributed by atoms with E-state index < -0.39 is 11.4 Å². The van der Waals surface area contributed by atoms with Crippen molar-refractivity contribution in [1.29, 1.82) is 0 Å². The molecule has 0 saturated carbocycles. The van der Waals surface area contributed by atoms with E-state index in [0.29, 0.717) is 11.9 Å². The summed E-state index contributed by atoms with van der Waals surface area (Å²) in [6, 6.07) is 9.36. The molecular weight excluding hydrogens is 328 g/mol. The molecule has 0 saturated heterocycles. The molecule has 0 radical (unpaired) electrons. The maximum absolute atomic E-state index is 12.5. The van der Waals surface area contributed by atoms with Gasteiger partial charge in [-0.25, -0.2) is 4.79 Å². The third-order valence-corrected chi connectivity index (χ3v) is 4.58.